The summed E-state index contributed by atoms with van der Waals surface area (Å²) in [6.45, 7) is 23.4. The molecule has 1 fully saturated rings. The van der Waals surface area contributed by atoms with Crippen LogP contribution in [0.2, 0.25) is 0 Å². The number of nitrogens with one attached hydrogen (secondary N) is 2. The van der Waals surface area contributed by atoms with Crippen LogP contribution < -0.4 is 17.2 Å². The zero-order valence-corrected chi connectivity index (χ0v) is 36.0. The minimum Gasteiger partial charge on any atom is -0.476 e. The molecule has 1 saturated heterocycles. The Kier molecular flexibility index (Phi) is 52.0. The number of carbonyl (C=O) groups is 2. The second-order valence-electron chi connectivity index (χ2n) is 11.6. The zero-order valence-electron chi connectivity index (χ0n) is 36.0. The largest absolute Gasteiger partial charge is 0.476 e. The Morgan fingerprint density at radius 3 is 1.13 bits per heavy atom. The SMILES string of the molecule is CC(O)C(C)O.CC(O)C(C)OC#N.CC(O)C(C)OC(N)=O.CC1OC(=N)OC1C.CCC(=N)OC(C)C(C)O.CCC(=O)OC(C)C(C)O.CN.CN. The number of nitrogens with zero attached hydrogens (tertiary/aromatic N) is 1. The third kappa shape index (κ3) is 52.6. The van der Waals surface area contributed by atoms with Gasteiger partial charge < -0.3 is 76.3 Å². The molecule has 0 spiro atoms. The second-order valence-corrected chi connectivity index (χ2v) is 11.6. The maximum atomic E-state index is 10.6. The summed E-state index contributed by atoms with van der Waals surface area (Å²) in [4.78, 5) is 20.6. The average molecular weight is 807 g/mol. The van der Waals surface area contributed by atoms with Gasteiger partial charge in [0.15, 0.2) is 5.90 Å². The number of aliphatic hydroxyl groups is 6. The molecule has 1 aliphatic heterocycles. The normalized spacial score (nSPS) is 18.6. The van der Waals surface area contributed by atoms with Gasteiger partial charge >= 0.3 is 18.1 Å². The molecule has 1 rings (SSSR count). The topological polar surface area (TPSA) is 360 Å². The lowest BCUT2D eigenvalue weighted by molar-refractivity contribution is -0.152. The van der Waals surface area contributed by atoms with Crippen LogP contribution in [0, 0.1) is 22.3 Å². The number of nitrogens with two attached hydrogens (primary N) is 3. The number of esters is 1. The molecule has 0 bridgehead atoms. The van der Waals surface area contributed by atoms with Crippen LogP contribution in [-0.2, 0) is 33.2 Å². The number of hydrogen-bond donors (Lipinski definition) is 11. The standard InChI is InChI=1S/C7H15NO2.C7H14O3.C5H11NO3.2C5H9NO2.C4H10O2.2CH5N/c1-4-7(8)10-6(3)5(2)9;1-4-7(9)10-6(3)5(2)8;1-3(7)4(2)9-5(6)8;1-3-4(2)8-5(6)7-3;1-4(7)5(2)8-3-6;1-3(5)4(2)6;2*1-2/h5-6,8-9H,4H2,1-3H3;5-6,8H,4H2,1-3H3;3-4,7H,1-2H3,(H2,6,8);3-4,6H,1-2H3;4-5,7H,1-2H3;3-6H,1-2H3;2*2H2,1H3. The maximum Gasteiger partial charge on any atom is 0.404 e. The van der Waals surface area contributed by atoms with E-state index in [2.05, 4.69) is 26.7 Å². The highest BCUT2D eigenvalue weighted by molar-refractivity contribution is 5.72. The van der Waals surface area contributed by atoms with Crippen LogP contribution in [0.3, 0.4) is 0 Å². The lowest BCUT2D eigenvalue weighted by Crippen LogP contribution is -2.28. The molecule has 1 amide bonds. The summed E-state index contributed by atoms with van der Waals surface area (Å²) in [5.74, 6) is -0.0400. The van der Waals surface area contributed by atoms with Gasteiger partial charge in [-0.2, -0.15) is 5.26 Å². The molecule has 0 aromatic carbocycles. The molecule has 332 valence electrons. The number of ether oxygens (including phenoxy) is 6. The predicted octanol–water partition coefficient (Wildman–Crippen LogP) is 1.62. The Hall–Kier alpha value is -3.55. The van der Waals surface area contributed by atoms with Crippen LogP contribution in [0.4, 0.5) is 4.79 Å². The van der Waals surface area contributed by atoms with E-state index in [9.17, 15) is 9.59 Å². The van der Waals surface area contributed by atoms with Crippen LogP contribution in [0.15, 0.2) is 0 Å². The molecule has 20 heteroatoms. The van der Waals surface area contributed by atoms with Gasteiger partial charge in [-0.15, -0.1) is 0 Å². The van der Waals surface area contributed by atoms with E-state index in [1.54, 1.807) is 69.2 Å². The Labute approximate surface area is 329 Å². The quantitative estimate of drug-likeness (QED) is 0.0611. The number of amides is 1. The van der Waals surface area contributed by atoms with E-state index in [0.29, 0.717) is 12.8 Å². The highest BCUT2D eigenvalue weighted by atomic mass is 16.7. The molecule has 1 aliphatic rings. The summed E-state index contributed by atoms with van der Waals surface area (Å²) in [6.07, 6.45) is -3.50. The first-order chi connectivity index (χ1) is 25.2. The van der Waals surface area contributed by atoms with Crippen LogP contribution in [0.1, 0.15) is 110 Å². The molecule has 0 aliphatic carbocycles. The first kappa shape index (κ1) is 66.3. The Bertz CT molecular complexity index is 905. The van der Waals surface area contributed by atoms with Gasteiger partial charge in [-0.25, -0.2) is 10.2 Å². The van der Waals surface area contributed by atoms with Crippen molar-refractivity contribution in [3.8, 4) is 6.26 Å². The molecule has 0 aromatic rings. The summed E-state index contributed by atoms with van der Waals surface area (Å²) in [5, 5.41) is 73.9. The summed E-state index contributed by atoms with van der Waals surface area (Å²) in [5.41, 5.74) is 13.7. The molecule has 55 heavy (non-hydrogen) atoms. The van der Waals surface area contributed by atoms with Gasteiger partial charge in [0.1, 0.15) is 36.6 Å². The Balaban J connectivity index is -0.0000000992. The van der Waals surface area contributed by atoms with Crippen molar-refractivity contribution in [3.05, 3.63) is 0 Å². The molecule has 20 nitrogen and oxygen atoms in total. The van der Waals surface area contributed by atoms with Crippen molar-refractivity contribution in [2.75, 3.05) is 14.1 Å². The monoisotopic (exact) mass is 807 g/mol. The number of carbonyl (C=O) groups excluding carboxylic acids is 2. The summed E-state index contributed by atoms with van der Waals surface area (Å²) < 4.78 is 28.2. The summed E-state index contributed by atoms with van der Waals surface area (Å²) in [7, 11) is 3.00. The van der Waals surface area contributed by atoms with E-state index >= 15 is 0 Å². The van der Waals surface area contributed by atoms with Gasteiger partial charge in [0.25, 0.3) is 6.26 Å². The Morgan fingerprint density at radius 2 is 0.964 bits per heavy atom. The zero-order chi connectivity index (χ0) is 45.6. The first-order valence-corrected chi connectivity index (χ1v) is 17.8. The van der Waals surface area contributed by atoms with Crippen molar-refractivity contribution in [2.45, 2.75) is 183 Å². The highest BCUT2D eigenvalue weighted by Gasteiger charge is 2.25. The van der Waals surface area contributed by atoms with Crippen molar-refractivity contribution in [2.24, 2.45) is 17.2 Å². The van der Waals surface area contributed by atoms with Crippen LogP contribution in [0.5, 0.6) is 0 Å². The van der Waals surface area contributed by atoms with E-state index in [1.165, 1.54) is 27.3 Å². The third-order valence-corrected chi connectivity index (χ3v) is 6.46. The van der Waals surface area contributed by atoms with E-state index in [4.69, 9.17) is 65.7 Å². The highest BCUT2D eigenvalue weighted by Crippen LogP contribution is 2.11. The van der Waals surface area contributed by atoms with Crippen molar-refractivity contribution in [1.29, 1.82) is 16.1 Å². The van der Waals surface area contributed by atoms with Gasteiger partial charge in [0, 0.05) is 12.8 Å². The van der Waals surface area contributed by atoms with Crippen molar-refractivity contribution in [3.63, 3.8) is 0 Å². The van der Waals surface area contributed by atoms with Gasteiger partial charge in [-0.1, -0.05) is 13.8 Å². The van der Waals surface area contributed by atoms with Crippen molar-refractivity contribution >= 4 is 24.0 Å². The second kappa shape index (κ2) is 43.2. The lowest BCUT2D eigenvalue weighted by atomic mass is 10.2. The number of rotatable bonds is 11. The third-order valence-electron chi connectivity index (χ3n) is 6.46. The first-order valence-electron chi connectivity index (χ1n) is 17.8. The van der Waals surface area contributed by atoms with Crippen LogP contribution in [0.25, 0.3) is 0 Å². The van der Waals surface area contributed by atoms with Gasteiger partial charge in [-0.05, 0) is 97.2 Å². The fourth-order valence-corrected chi connectivity index (χ4v) is 1.82. The molecule has 0 radical (unpaired) electrons. The summed E-state index contributed by atoms with van der Waals surface area (Å²) >= 11 is 0. The van der Waals surface area contributed by atoms with Crippen molar-refractivity contribution < 1.29 is 68.6 Å². The molecular formula is C35H78N6O14. The Morgan fingerprint density at radius 1 is 0.655 bits per heavy atom. The van der Waals surface area contributed by atoms with E-state index < -0.39 is 54.9 Å². The van der Waals surface area contributed by atoms with Crippen molar-refractivity contribution in [1.82, 2.24) is 0 Å². The maximum absolute atomic E-state index is 10.6. The van der Waals surface area contributed by atoms with E-state index in [-0.39, 0.29) is 42.4 Å². The van der Waals surface area contributed by atoms with E-state index in [1.807, 2.05) is 20.8 Å². The van der Waals surface area contributed by atoms with Gasteiger partial charge in [-0.3, -0.25) is 10.2 Å². The number of nitriles is 1. The average Bonchev–Trinajstić information content (AvgIpc) is 3.40. The predicted molar refractivity (Wildman–Crippen MR) is 210 cm³/mol. The minimum absolute atomic E-state index is 0.0440. The fourth-order valence-electron chi connectivity index (χ4n) is 1.82. The van der Waals surface area contributed by atoms with Crippen LogP contribution >= 0.6 is 0 Å². The number of hydrogen-bond acceptors (Lipinski definition) is 19. The number of aliphatic hydroxyl groups excluding tert-OH is 6. The minimum atomic E-state index is -0.858. The molecule has 14 N–H and O–H groups in total. The number of primary amides is 1. The van der Waals surface area contributed by atoms with Crippen LogP contribution in [-0.4, -0.2) is 142 Å². The molecule has 12 unspecified atom stereocenters. The molecule has 1 heterocycles. The lowest BCUT2D eigenvalue weighted by Gasteiger charge is -2.16. The smallest absolute Gasteiger partial charge is 0.404 e. The molecule has 0 aromatic heterocycles. The van der Waals surface area contributed by atoms with Gasteiger partial charge in [0.05, 0.1) is 36.6 Å². The molecule has 12 atom stereocenters. The molecular weight excluding hydrogens is 728 g/mol. The summed E-state index contributed by atoms with van der Waals surface area (Å²) in [6, 6.07) is 0. The van der Waals surface area contributed by atoms with Gasteiger partial charge in [0.2, 0.25) is 0 Å². The van der Waals surface area contributed by atoms with E-state index in [0.717, 1.165) is 0 Å². The molecule has 0 saturated carbocycles. The fraction of sp³-hybridized carbons (Fsp3) is 0.857.